The number of fused-ring (bicyclic) bond motifs is 1. The lowest BCUT2D eigenvalue weighted by Gasteiger charge is -2.05. The van der Waals surface area contributed by atoms with Crippen LogP contribution in [0.4, 0.5) is 5.95 Å². The number of benzene rings is 1. The smallest absolute Gasteiger partial charge is 0.236 e. The molecule has 1 aliphatic rings. The number of nitrogens with one attached hydrogen (secondary N) is 1. The first-order valence-corrected chi connectivity index (χ1v) is 5.96. The molecule has 4 nitrogen and oxygen atoms in total. The summed E-state index contributed by atoms with van der Waals surface area (Å²) in [7, 11) is 0. The molecule has 0 unspecified atom stereocenters. The van der Waals surface area contributed by atoms with E-state index in [2.05, 4.69) is 33.5 Å². The van der Waals surface area contributed by atoms with Gasteiger partial charge in [-0.05, 0) is 36.0 Å². The molecular weight excluding hydrogens is 224 g/mol. The molecule has 0 radical (unpaired) electrons. The summed E-state index contributed by atoms with van der Waals surface area (Å²) < 4.78 is 0. The van der Waals surface area contributed by atoms with Gasteiger partial charge in [0.2, 0.25) is 5.95 Å². The predicted molar refractivity (Wildman–Crippen MR) is 68.7 cm³/mol. The normalized spacial score (nSPS) is 12.8. The van der Waals surface area contributed by atoms with Crippen LogP contribution in [0.5, 0.6) is 0 Å². The number of hydrogen-bond acceptors (Lipinski definition) is 4. The maximum Gasteiger partial charge on any atom is 0.236 e. The maximum atomic E-state index is 8.47. The van der Waals surface area contributed by atoms with Crippen LogP contribution < -0.4 is 5.32 Å². The molecule has 0 atom stereocenters. The Bertz CT molecular complexity index is 611. The first-order valence-electron chi connectivity index (χ1n) is 5.96. The van der Waals surface area contributed by atoms with Gasteiger partial charge in [-0.3, -0.25) is 5.32 Å². The van der Waals surface area contributed by atoms with Gasteiger partial charge in [-0.15, -0.1) is 0 Å². The lowest BCUT2D eigenvalue weighted by molar-refractivity contribution is 0.912. The first kappa shape index (κ1) is 10.7. The van der Waals surface area contributed by atoms with E-state index >= 15 is 0 Å². The predicted octanol–water partition coefficient (Wildman–Crippen LogP) is 2.53. The van der Waals surface area contributed by atoms with Gasteiger partial charge in [-0.2, -0.15) is 5.26 Å². The van der Waals surface area contributed by atoms with E-state index < -0.39 is 0 Å². The highest BCUT2D eigenvalue weighted by molar-refractivity contribution is 5.64. The third-order valence-corrected chi connectivity index (χ3v) is 3.25. The SMILES string of the molecule is N#CNc1ncc(-c2ccc3c(c2)CCC3)cn1. The molecular formula is C14H12N4. The van der Waals surface area contributed by atoms with Crippen molar-refractivity contribution >= 4 is 5.95 Å². The minimum atomic E-state index is 0.336. The summed E-state index contributed by atoms with van der Waals surface area (Å²) in [6.07, 6.45) is 8.89. The third-order valence-electron chi connectivity index (χ3n) is 3.25. The van der Waals surface area contributed by atoms with Crippen molar-refractivity contribution in [3.05, 3.63) is 41.7 Å². The fraction of sp³-hybridized carbons (Fsp3) is 0.214. The van der Waals surface area contributed by atoms with Crippen molar-refractivity contribution in [1.82, 2.24) is 9.97 Å². The molecule has 1 heterocycles. The molecule has 0 saturated carbocycles. The summed E-state index contributed by atoms with van der Waals surface area (Å²) in [6, 6.07) is 6.53. The van der Waals surface area contributed by atoms with Gasteiger partial charge < -0.3 is 0 Å². The van der Waals surface area contributed by atoms with Crippen molar-refractivity contribution < 1.29 is 0 Å². The summed E-state index contributed by atoms with van der Waals surface area (Å²) in [5.74, 6) is 0.336. The molecule has 4 heteroatoms. The van der Waals surface area contributed by atoms with E-state index in [0.717, 1.165) is 17.5 Å². The van der Waals surface area contributed by atoms with Crippen LogP contribution in [0.2, 0.25) is 0 Å². The van der Waals surface area contributed by atoms with Crippen LogP contribution in [0.25, 0.3) is 11.1 Å². The number of aromatic nitrogens is 2. The van der Waals surface area contributed by atoms with Crippen molar-refractivity contribution in [2.45, 2.75) is 19.3 Å². The average molecular weight is 236 g/mol. The highest BCUT2D eigenvalue weighted by Crippen LogP contribution is 2.27. The first-order chi connectivity index (χ1) is 8.86. The Hall–Kier alpha value is -2.41. The van der Waals surface area contributed by atoms with Gasteiger partial charge in [0.15, 0.2) is 6.19 Å². The van der Waals surface area contributed by atoms with Crippen LogP contribution in [-0.2, 0) is 12.8 Å². The van der Waals surface area contributed by atoms with Crippen molar-refractivity contribution in [3.63, 3.8) is 0 Å². The third kappa shape index (κ3) is 1.91. The lowest BCUT2D eigenvalue weighted by Crippen LogP contribution is -1.95. The Kier molecular flexibility index (Phi) is 2.66. The van der Waals surface area contributed by atoms with Crippen LogP contribution in [0.15, 0.2) is 30.6 Å². The van der Waals surface area contributed by atoms with E-state index in [4.69, 9.17) is 5.26 Å². The summed E-state index contributed by atoms with van der Waals surface area (Å²) in [6.45, 7) is 0. The number of anilines is 1. The molecule has 18 heavy (non-hydrogen) atoms. The lowest BCUT2D eigenvalue weighted by atomic mass is 10.0. The minimum absolute atomic E-state index is 0.336. The second kappa shape index (κ2) is 4.46. The molecule has 1 aromatic carbocycles. The van der Waals surface area contributed by atoms with Crippen molar-refractivity contribution in [3.8, 4) is 17.3 Å². The van der Waals surface area contributed by atoms with Crippen molar-refractivity contribution in [1.29, 1.82) is 5.26 Å². The van der Waals surface area contributed by atoms with Gasteiger partial charge in [0.05, 0.1) is 0 Å². The number of nitrogens with zero attached hydrogens (tertiary/aromatic N) is 3. The van der Waals surface area contributed by atoms with Crippen LogP contribution in [0.1, 0.15) is 17.5 Å². The second-order valence-electron chi connectivity index (χ2n) is 4.37. The van der Waals surface area contributed by atoms with E-state index in [1.807, 2.05) is 0 Å². The van der Waals surface area contributed by atoms with Crippen molar-refractivity contribution in [2.24, 2.45) is 0 Å². The Balaban J connectivity index is 1.93. The standard InChI is InChI=1S/C14H12N4/c15-9-18-14-16-7-13(8-17-14)12-5-4-10-2-1-3-11(10)6-12/h4-8H,1-3H2,(H,16,17,18). The molecule has 1 aliphatic carbocycles. The largest absolute Gasteiger partial charge is 0.261 e. The van der Waals surface area contributed by atoms with E-state index in [1.165, 1.54) is 24.0 Å². The van der Waals surface area contributed by atoms with E-state index in [-0.39, 0.29) is 0 Å². The average Bonchev–Trinajstić information content (AvgIpc) is 2.87. The van der Waals surface area contributed by atoms with Crippen molar-refractivity contribution in [2.75, 3.05) is 5.32 Å². The molecule has 88 valence electrons. The molecule has 3 rings (SSSR count). The van der Waals surface area contributed by atoms with Gasteiger partial charge >= 0.3 is 0 Å². The quantitative estimate of drug-likeness (QED) is 0.643. The number of rotatable bonds is 2. The van der Waals surface area contributed by atoms with Gasteiger partial charge in [-0.1, -0.05) is 18.2 Å². The van der Waals surface area contributed by atoms with E-state index in [0.29, 0.717) is 5.95 Å². The molecule has 1 N–H and O–H groups in total. The molecule has 0 spiro atoms. The van der Waals surface area contributed by atoms with Gasteiger partial charge in [-0.25, -0.2) is 9.97 Å². The molecule has 0 aliphatic heterocycles. The molecule has 0 fully saturated rings. The zero-order valence-electron chi connectivity index (χ0n) is 9.85. The molecule has 0 amide bonds. The summed E-state index contributed by atoms with van der Waals surface area (Å²) >= 11 is 0. The topological polar surface area (TPSA) is 61.6 Å². The highest BCUT2D eigenvalue weighted by Gasteiger charge is 2.11. The Morgan fingerprint density at radius 1 is 1.06 bits per heavy atom. The summed E-state index contributed by atoms with van der Waals surface area (Å²) in [5, 5.41) is 10.9. The van der Waals surface area contributed by atoms with Gasteiger partial charge in [0.25, 0.3) is 0 Å². The maximum absolute atomic E-state index is 8.47. The van der Waals surface area contributed by atoms with Gasteiger partial charge in [0, 0.05) is 18.0 Å². The van der Waals surface area contributed by atoms with E-state index in [1.54, 1.807) is 18.6 Å². The summed E-state index contributed by atoms with van der Waals surface area (Å²) in [4.78, 5) is 8.19. The van der Waals surface area contributed by atoms with Gasteiger partial charge in [0.1, 0.15) is 0 Å². The number of nitriles is 1. The molecule has 1 aromatic heterocycles. The molecule has 0 saturated heterocycles. The Labute approximate surface area is 105 Å². The number of hydrogen-bond donors (Lipinski definition) is 1. The fourth-order valence-corrected chi connectivity index (χ4v) is 2.34. The van der Waals surface area contributed by atoms with Crippen LogP contribution in [0, 0.1) is 11.5 Å². The van der Waals surface area contributed by atoms with Crippen LogP contribution in [0.3, 0.4) is 0 Å². The zero-order valence-corrected chi connectivity index (χ0v) is 9.85. The van der Waals surface area contributed by atoms with Crippen LogP contribution >= 0.6 is 0 Å². The second-order valence-corrected chi connectivity index (χ2v) is 4.37. The molecule has 2 aromatic rings. The highest BCUT2D eigenvalue weighted by atomic mass is 15.1. The summed E-state index contributed by atoms with van der Waals surface area (Å²) in [5.41, 5.74) is 5.02. The Morgan fingerprint density at radius 2 is 1.83 bits per heavy atom. The molecule has 0 bridgehead atoms. The van der Waals surface area contributed by atoms with E-state index in [9.17, 15) is 0 Å². The fourth-order valence-electron chi connectivity index (χ4n) is 2.34. The minimum Gasteiger partial charge on any atom is -0.261 e. The number of aryl methyl sites for hydroxylation is 2. The Morgan fingerprint density at radius 3 is 2.61 bits per heavy atom. The zero-order chi connectivity index (χ0) is 12.4. The monoisotopic (exact) mass is 236 g/mol. The van der Waals surface area contributed by atoms with Crippen LogP contribution in [-0.4, -0.2) is 9.97 Å².